The number of halogens is 2. The van der Waals surface area contributed by atoms with E-state index in [1.807, 2.05) is 0 Å². The Labute approximate surface area is 87.7 Å². The molecule has 0 fully saturated rings. The van der Waals surface area contributed by atoms with Crippen LogP contribution >= 0.6 is 0 Å². The van der Waals surface area contributed by atoms with E-state index in [0.717, 1.165) is 13.0 Å². The van der Waals surface area contributed by atoms with Gasteiger partial charge in [0.25, 0.3) is 0 Å². The molecule has 0 aliphatic heterocycles. The van der Waals surface area contributed by atoms with Crippen molar-refractivity contribution in [1.29, 1.82) is 0 Å². The summed E-state index contributed by atoms with van der Waals surface area (Å²) in [5, 5.41) is 9.48. The van der Waals surface area contributed by atoms with Crippen molar-refractivity contribution >= 4 is 5.97 Å². The van der Waals surface area contributed by atoms with E-state index < -0.39 is 17.5 Å². The van der Waals surface area contributed by atoms with E-state index in [1.165, 1.54) is 6.92 Å². The second-order valence-electron chi connectivity index (χ2n) is 3.66. The van der Waals surface area contributed by atoms with Gasteiger partial charge in [0.1, 0.15) is 0 Å². The van der Waals surface area contributed by atoms with Crippen molar-refractivity contribution in [2.24, 2.45) is 0 Å². The molecule has 0 aliphatic carbocycles. The standard InChI is InChI=1S/C10H16F2O3/c1-5-15-8(13)10(11,12)9(4,14)6-7(2)3/h6,14H,5H2,1-4H3. The van der Waals surface area contributed by atoms with Crippen LogP contribution in [-0.4, -0.2) is 29.2 Å². The Bertz CT molecular complexity index is 266. The average molecular weight is 222 g/mol. The summed E-state index contributed by atoms with van der Waals surface area (Å²) in [5.74, 6) is -5.66. The summed E-state index contributed by atoms with van der Waals surface area (Å²) in [4.78, 5) is 10.9. The predicted octanol–water partition coefficient (Wildman–Crippen LogP) is 1.90. The van der Waals surface area contributed by atoms with Crippen LogP contribution in [0.5, 0.6) is 0 Å². The summed E-state index contributed by atoms with van der Waals surface area (Å²) in [5.41, 5.74) is -2.04. The lowest BCUT2D eigenvalue weighted by molar-refractivity contribution is -0.199. The lowest BCUT2D eigenvalue weighted by atomic mass is 9.95. The Kier molecular flexibility index (Phi) is 4.40. The maximum atomic E-state index is 13.4. The number of carbonyl (C=O) groups is 1. The number of esters is 1. The molecular weight excluding hydrogens is 206 g/mol. The van der Waals surface area contributed by atoms with Gasteiger partial charge in [0.2, 0.25) is 0 Å². The van der Waals surface area contributed by atoms with E-state index in [1.54, 1.807) is 13.8 Å². The largest absolute Gasteiger partial charge is 0.461 e. The van der Waals surface area contributed by atoms with Gasteiger partial charge in [-0.3, -0.25) is 0 Å². The van der Waals surface area contributed by atoms with Gasteiger partial charge in [-0.2, -0.15) is 8.78 Å². The third kappa shape index (κ3) is 3.27. The van der Waals surface area contributed by atoms with Gasteiger partial charge in [-0.15, -0.1) is 0 Å². The number of ether oxygens (including phenoxy) is 1. The van der Waals surface area contributed by atoms with Gasteiger partial charge >= 0.3 is 11.9 Å². The van der Waals surface area contributed by atoms with Crippen LogP contribution in [-0.2, 0) is 9.53 Å². The third-order valence-electron chi connectivity index (χ3n) is 1.74. The van der Waals surface area contributed by atoms with Crippen LogP contribution in [0.15, 0.2) is 11.6 Å². The van der Waals surface area contributed by atoms with Crippen molar-refractivity contribution in [2.45, 2.75) is 39.2 Å². The fourth-order valence-electron chi connectivity index (χ4n) is 1.08. The fraction of sp³-hybridized carbons (Fsp3) is 0.700. The number of hydrogen-bond acceptors (Lipinski definition) is 3. The van der Waals surface area contributed by atoms with Crippen LogP contribution < -0.4 is 0 Å². The molecule has 0 heterocycles. The Hall–Kier alpha value is -0.970. The van der Waals surface area contributed by atoms with E-state index in [2.05, 4.69) is 4.74 Å². The number of carbonyl (C=O) groups excluding carboxylic acids is 1. The first-order valence-corrected chi connectivity index (χ1v) is 4.58. The quantitative estimate of drug-likeness (QED) is 0.583. The van der Waals surface area contributed by atoms with Crippen molar-refractivity contribution in [1.82, 2.24) is 0 Å². The number of allylic oxidation sites excluding steroid dienone is 1. The average Bonchev–Trinajstić information content (AvgIpc) is 2.01. The Morgan fingerprint density at radius 1 is 1.47 bits per heavy atom. The first-order chi connectivity index (χ1) is 6.65. The molecule has 0 radical (unpaired) electrons. The molecule has 0 amide bonds. The second kappa shape index (κ2) is 4.70. The second-order valence-corrected chi connectivity index (χ2v) is 3.66. The number of aliphatic hydroxyl groups is 1. The van der Waals surface area contributed by atoms with Crippen LogP contribution in [0.1, 0.15) is 27.7 Å². The van der Waals surface area contributed by atoms with Gasteiger partial charge in [-0.05, 0) is 33.8 Å². The molecule has 0 aromatic rings. The topological polar surface area (TPSA) is 46.5 Å². The molecule has 1 N–H and O–H groups in total. The minimum atomic E-state index is -3.94. The minimum absolute atomic E-state index is 0.153. The number of alkyl halides is 2. The monoisotopic (exact) mass is 222 g/mol. The van der Waals surface area contributed by atoms with Gasteiger partial charge < -0.3 is 9.84 Å². The number of hydrogen-bond donors (Lipinski definition) is 1. The third-order valence-corrected chi connectivity index (χ3v) is 1.74. The molecule has 1 unspecified atom stereocenters. The van der Waals surface area contributed by atoms with Crippen LogP contribution in [0.3, 0.4) is 0 Å². The van der Waals surface area contributed by atoms with Gasteiger partial charge in [0.15, 0.2) is 5.60 Å². The maximum Gasteiger partial charge on any atom is 0.380 e. The molecule has 0 spiro atoms. The molecule has 0 bridgehead atoms. The highest BCUT2D eigenvalue weighted by Crippen LogP contribution is 2.32. The van der Waals surface area contributed by atoms with E-state index in [0.29, 0.717) is 5.57 Å². The molecule has 0 aromatic carbocycles. The molecular formula is C10H16F2O3. The molecule has 88 valence electrons. The van der Waals surface area contributed by atoms with E-state index >= 15 is 0 Å². The van der Waals surface area contributed by atoms with Crippen molar-refractivity contribution < 1.29 is 23.4 Å². The predicted molar refractivity (Wildman–Crippen MR) is 51.6 cm³/mol. The lowest BCUT2D eigenvalue weighted by Crippen LogP contribution is -2.50. The summed E-state index contributed by atoms with van der Waals surface area (Å²) in [6.07, 6.45) is 0.934. The van der Waals surface area contributed by atoms with E-state index in [9.17, 15) is 18.7 Å². The molecule has 0 saturated carbocycles. The highest BCUT2D eigenvalue weighted by Gasteiger charge is 2.55. The molecule has 0 rings (SSSR count). The maximum absolute atomic E-state index is 13.4. The van der Waals surface area contributed by atoms with Gasteiger partial charge in [0.05, 0.1) is 6.61 Å². The molecule has 5 heteroatoms. The van der Waals surface area contributed by atoms with E-state index in [4.69, 9.17) is 0 Å². The van der Waals surface area contributed by atoms with Crippen molar-refractivity contribution in [3.05, 3.63) is 11.6 Å². The molecule has 0 aliphatic rings. The van der Waals surface area contributed by atoms with Crippen LogP contribution in [0.2, 0.25) is 0 Å². The van der Waals surface area contributed by atoms with Crippen LogP contribution in [0.25, 0.3) is 0 Å². The SMILES string of the molecule is CCOC(=O)C(F)(F)C(C)(O)C=C(C)C. The molecule has 0 aromatic heterocycles. The smallest absolute Gasteiger partial charge is 0.380 e. The summed E-state index contributed by atoms with van der Waals surface area (Å²) in [7, 11) is 0. The Balaban J connectivity index is 5.00. The minimum Gasteiger partial charge on any atom is -0.461 e. The normalized spacial score (nSPS) is 15.4. The summed E-state index contributed by atoms with van der Waals surface area (Å²) < 4.78 is 30.9. The van der Waals surface area contributed by atoms with Crippen LogP contribution in [0.4, 0.5) is 8.78 Å². The molecule has 3 nitrogen and oxygen atoms in total. The Morgan fingerprint density at radius 2 is 1.93 bits per heavy atom. The van der Waals surface area contributed by atoms with Gasteiger partial charge in [-0.1, -0.05) is 5.57 Å². The highest BCUT2D eigenvalue weighted by molar-refractivity contribution is 5.79. The molecule has 0 saturated heterocycles. The molecule has 15 heavy (non-hydrogen) atoms. The van der Waals surface area contributed by atoms with Gasteiger partial charge in [-0.25, -0.2) is 4.79 Å². The first-order valence-electron chi connectivity index (χ1n) is 4.58. The van der Waals surface area contributed by atoms with Crippen molar-refractivity contribution in [3.63, 3.8) is 0 Å². The van der Waals surface area contributed by atoms with Crippen LogP contribution in [0, 0.1) is 0 Å². The number of rotatable bonds is 4. The fourth-order valence-corrected chi connectivity index (χ4v) is 1.08. The van der Waals surface area contributed by atoms with Crippen molar-refractivity contribution in [3.8, 4) is 0 Å². The zero-order valence-corrected chi connectivity index (χ0v) is 9.30. The van der Waals surface area contributed by atoms with Crippen molar-refractivity contribution in [2.75, 3.05) is 6.61 Å². The van der Waals surface area contributed by atoms with Gasteiger partial charge in [0, 0.05) is 0 Å². The lowest BCUT2D eigenvalue weighted by Gasteiger charge is -2.28. The highest BCUT2D eigenvalue weighted by atomic mass is 19.3. The zero-order chi connectivity index (χ0) is 12.3. The molecule has 1 atom stereocenters. The zero-order valence-electron chi connectivity index (χ0n) is 9.30. The Morgan fingerprint density at radius 3 is 2.27 bits per heavy atom. The summed E-state index contributed by atoms with van der Waals surface area (Å²) in [6.45, 7) is 5.24. The first kappa shape index (κ1) is 14.0. The summed E-state index contributed by atoms with van der Waals surface area (Å²) in [6, 6.07) is 0. The van der Waals surface area contributed by atoms with E-state index in [-0.39, 0.29) is 6.61 Å². The summed E-state index contributed by atoms with van der Waals surface area (Å²) >= 11 is 0.